The van der Waals surface area contributed by atoms with E-state index in [4.69, 9.17) is 4.74 Å². The van der Waals surface area contributed by atoms with Gasteiger partial charge in [0.05, 0.1) is 20.8 Å². The van der Waals surface area contributed by atoms with Gasteiger partial charge in [0.15, 0.2) is 9.84 Å². The van der Waals surface area contributed by atoms with Gasteiger partial charge in [0, 0.05) is 29.3 Å². The van der Waals surface area contributed by atoms with Crippen LogP contribution in [0.2, 0.25) is 0 Å². The van der Waals surface area contributed by atoms with Crippen molar-refractivity contribution in [2.45, 2.75) is 50.5 Å². The average Bonchev–Trinajstić information content (AvgIpc) is 2.99. The summed E-state index contributed by atoms with van der Waals surface area (Å²) in [6, 6.07) is 21.6. The molecule has 8 heteroatoms. The van der Waals surface area contributed by atoms with Crippen molar-refractivity contribution >= 4 is 43.1 Å². The maximum atomic E-state index is 13.9. The minimum absolute atomic E-state index is 0.0228. The summed E-state index contributed by atoms with van der Waals surface area (Å²) in [4.78, 5) is 14.3. The molecular weight excluding hydrogens is 554 g/mol. The third kappa shape index (κ3) is 5.85. The van der Waals surface area contributed by atoms with E-state index in [0.717, 1.165) is 31.4 Å². The van der Waals surface area contributed by atoms with Crippen molar-refractivity contribution < 1.29 is 23.1 Å². The number of sulfone groups is 1. The van der Waals surface area contributed by atoms with Crippen LogP contribution in [0.5, 0.6) is 5.75 Å². The number of hydrogen-bond acceptors (Lipinski definition) is 5. The number of fused-ring (bicyclic) bond motifs is 1. The Morgan fingerprint density at radius 2 is 1.73 bits per heavy atom. The van der Waals surface area contributed by atoms with Crippen molar-refractivity contribution in [2.24, 2.45) is 5.41 Å². The normalized spacial score (nSPS) is 19.5. The molecule has 0 saturated heterocycles. The summed E-state index contributed by atoms with van der Waals surface area (Å²) in [5, 5.41) is 9.87. The Labute approximate surface area is 227 Å². The lowest BCUT2D eigenvalue weighted by atomic mass is 9.81. The predicted molar refractivity (Wildman–Crippen MR) is 149 cm³/mol. The lowest BCUT2D eigenvalue weighted by Gasteiger charge is -2.36. The second-order valence-electron chi connectivity index (χ2n) is 9.64. The summed E-state index contributed by atoms with van der Waals surface area (Å²) in [6.07, 6.45) is 2.17. The third-order valence-electron chi connectivity index (χ3n) is 7.08. The molecule has 3 aromatic rings. The number of nitrogens with zero attached hydrogens (tertiary/aromatic N) is 1. The van der Waals surface area contributed by atoms with Gasteiger partial charge in [-0.1, -0.05) is 75.2 Å². The molecule has 2 unspecified atom stereocenters. The first-order valence-electron chi connectivity index (χ1n) is 12.5. The topological polar surface area (TPSA) is 83.9 Å². The molecule has 0 radical (unpaired) electrons. The smallest absolute Gasteiger partial charge is 0.349 e. The number of para-hydroxylation sites is 1. The molecule has 4 rings (SSSR count). The molecule has 3 aromatic carbocycles. The number of hydrogen-bond donors (Lipinski definition) is 1. The fourth-order valence-electron chi connectivity index (χ4n) is 4.97. The van der Waals surface area contributed by atoms with E-state index in [1.165, 1.54) is 6.07 Å². The molecule has 37 heavy (non-hydrogen) atoms. The summed E-state index contributed by atoms with van der Waals surface area (Å²) in [6.45, 7) is 4.74. The minimum Gasteiger partial charge on any atom is -0.478 e. The Balaban J connectivity index is 1.86. The molecule has 0 spiro atoms. The number of carboxylic acids is 1. The lowest BCUT2D eigenvalue weighted by Crippen LogP contribution is -2.37. The van der Waals surface area contributed by atoms with Crippen molar-refractivity contribution in [3.63, 3.8) is 0 Å². The average molecular weight is 587 g/mol. The van der Waals surface area contributed by atoms with Gasteiger partial charge < -0.3 is 14.7 Å². The Morgan fingerprint density at radius 1 is 1.08 bits per heavy atom. The van der Waals surface area contributed by atoms with Crippen LogP contribution in [0.1, 0.15) is 51.2 Å². The van der Waals surface area contributed by atoms with Crippen LogP contribution >= 0.6 is 15.9 Å². The highest BCUT2D eigenvalue weighted by Gasteiger charge is 2.42. The fraction of sp³-hybridized carbons (Fsp3) is 0.345. The van der Waals surface area contributed by atoms with E-state index in [0.29, 0.717) is 22.3 Å². The molecule has 196 valence electrons. The van der Waals surface area contributed by atoms with Gasteiger partial charge in [0.25, 0.3) is 0 Å². The van der Waals surface area contributed by atoms with E-state index in [-0.39, 0.29) is 16.4 Å². The number of carbonyl (C=O) groups is 1. The Hall–Kier alpha value is -2.84. The minimum atomic E-state index is -3.72. The van der Waals surface area contributed by atoms with Crippen molar-refractivity contribution in [1.82, 2.24) is 0 Å². The highest BCUT2D eigenvalue weighted by molar-refractivity contribution is 9.10. The first-order chi connectivity index (χ1) is 17.7. The van der Waals surface area contributed by atoms with Gasteiger partial charge >= 0.3 is 5.97 Å². The van der Waals surface area contributed by atoms with Gasteiger partial charge in [-0.3, -0.25) is 0 Å². The third-order valence-corrected chi connectivity index (χ3v) is 9.69. The molecule has 0 bridgehead atoms. The quantitative estimate of drug-likeness (QED) is 0.286. The molecule has 0 saturated carbocycles. The van der Waals surface area contributed by atoms with Gasteiger partial charge in [-0.15, -0.1) is 0 Å². The van der Waals surface area contributed by atoms with E-state index in [2.05, 4.69) is 34.7 Å². The number of rotatable bonds is 9. The molecule has 1 aliphatic heterocycles. The summed E-state index contributed by atoms with van der Waals surface area (Å²) in [5.74, 6) is -0.967. The first-order valence-corrected chi connectivity index (χ1v) is 15.0. The SMILES string of the molecule is CCCCC1(CC)CN(c2ccccc2)c2cc(Br)c(OC(C(=O)O)c3ccccc3)cc2S(=O)(=O)C1. The molecule has 0 amide bonds. The zero-order valence-corrected chi connectivity index (χ0v) is 23.5. The number of unbranched alkanes of at least 4 members (excludes halogenated alkanes) is 1. The van der Waals surface area contributed by atoms with E-state index in [1.54, 1.807) is 36.4 Å². The molecular formula is C29H32BrNO5S. The highest BCUT2D eigenvalue weighted by Crippen LogP contribution is 2.47. The van der Waals surface area contributed by atoms with Crippen LogP contribution in [0.3, 0.4) is 0 Å². The molecule has 0 fully saturated rings. The predicted octanol–water partition coefficient (Wildman–Crippen LogP) is 7.17. The molecule has 0 aliphatic carbocycles. The van der Waals surface area contributed by atoms with E-state index in [1.807, 2.05) is 30.3 Å². The van der Waals surface area contributed by atoms with Gasteiger partial charge in [0.2, 0.25) is 6.10 Å². The fourth-order valence-corrected chi connectivity index (χ4v) is 7.57. The number of carboxylic acid groups (broad SMARTS) is 1. The summed E-state index contributed by atoms with van der Waals surface area (Å²) in [7, 11) is -3.72. The van der Waals surface area contributed by atoms with Crippen molar-refractivity contribution in [3.8, 4) is 5.75 Å². The molecule has 6 nitrogen and oxygen atoms in total. The van der Waals surface area contributed by atoms with Crippen LogP contribution in [0.15, 0.2) is 82.2 Å². The summed E-state index contributed by atoms with van der Waals surface area (Å²) < 4.78 is 34.3. The summed E-state index contributed by atoms with van der Waals surface area (Å²) >= 11 is 3.54. The van der Waals surface area contributed by atoms with Crippen molar-refractivity contribution in [2.75, 3.05) is 17.2 Å². The monoisotopic (exact) mass is 585 g/mol. The Morgan fingerprint density at radius 3 is 2.32 bits per heavy atom. The second kappa shape index (κ2) is 11.3. The van der Waals surface area contributed by atoms with Gasteiger partial charge in [-0.05, 0) is 47.0 Å². The number of ether oxygens (including phenoxy) is 1. The van der Waals surface area contributed by atoms with Crippen molar-refractivity contribution in [1.29, 1.82) is 0 Å². The van der Waals surface area contributed by atoms with Crippen LogP contribution in [0.4, 0.5) is 11.4 Å². The van der Waals surface area contributed by atoms with Crippen LogP contribution in [-0.4, -0.2) is 31.8 Å². The summed E-state index contributed by atoms with van der Waals surface area (Å²) in [5.41, 5.74) is 1.51. The van der Waals surface area contributed by atoms with Crippen molar-refractivity contribution in [3.05, 3.63) is 82.8 Å². The van der Waals surface area contributed by atoms with Gasteiger partial charge in [-0.25, -0.2) is 13.2 Å². The van der Waals surface area contributed by atoms with E-state index < -0.39 is 27.3 Å². The number of halogens is 1. The molecule has 1 N–H and O–H groups in total. The van der Waals surface area contributed by atoms with Crippen LogP contribution in [0, 0.1) is 5.41 Å². The number of aliphatic carboxylic acids is 1. The number of benzene rings is 3. The van der Waals surface area contributed by atoms with E-state index >= 15 is 0 Å². The van der Waals surface area contributed by atoms with Gasteiger partial charge in [0.1, 0.15) is 5.75 Å². The maximum Gasteiger partial charge on any atom is 0.349 e. The lowest BCUT2D eigenvalue weighted by molar-refractivity contribution is -0.145. The zero-order chi connectivity index (χ0) is 26.6. The highest BCUT2D eigenvalue weighted by atomic mass is 79.9. The Bertz CT molecular complexity index is 1350. The van der Waals surface area contributed by atoms with Gasteiger partial charge in [-0.2, -0.15) is 0 Å². The van der Waals surface area contributed by atoms with Crippen LogP contribution in [0.25, 0.3) is 0 Å². The molecule has 1 heterocycles. The van der Waals surface area contributed by atoms with Crippen LogP contribution < -0.4 is 9.64 Å². The van der Waals surface area contributed by atoms with Crippen LogP contribution in [-0.2, 0) is 14.6 Å². The van der Waals surface area contributed by atoms with E-state index in [9.17, 15) is 18.3 Å². The molecule has 2 atom stereocenters. The number of anilines is 2. The Kier molecular flexibility index (Phi) is 8.29. The maximum absolute atomic E-state index is 13.9. The standard InChI is InChI=1S/C29H32BrNO5S/c1-3-5-16-29(4-2)19-31(22-14-10-7-11-15-22)24-17-23(30)25(18-26(24)37(34,35)20-29)36-27(28(32)33)21-12-8-6-9-13-21/h6-15,17-18,27H,3-5,16,19-20H2,1-2H3,(H,32,33). The first kappa shape index (κ1) is 27.2. The largest absolute Gasteiger partial charge is 0.478 e. The molecule has 0 aromatic heterocycles. The molecule has 1 aliphatic rings. The second-order valence-corrected chi connectivity index (χ2v) is 12.4. The zero-order valence-electron chi connectivity index (χ0n) is 21.1.